The van der Waals surface area contributed by atoms with E-state index in [1.54, 1.807) is 0 Å². The molecule has 2 fully saturated rings. The zero-order chi connectivity index (χ0) is 8.60. The van der Waals surface area contributed by atoms with Crippen LogP contribution in [0, 0.1) is 5.41 Å². The minimum absolute atomic E-state index is 0.144. The molecule has 12 heavy (non-hydrogen) atoms. The van der Waals surface area contributed by atoms with Crippen molar-refractivity contribution in [2.24, 2.45) is 11.1 Å². The quantitative estimate of drug-likeness (QED) is 0.567. The Labute approximate surface area is 72.7 Å². The van der Waals surface area contributed by atoms with E-state index in [2.05, 4.69) is 5.32 Å². The highest BCUT2D eigenvalue weighted by molar-refractivity contribution is 5.01. The lowest BCUT2D eigenvalue weighted by Crippen LogP contribution is -2.47. The summed E-state index contributed by atoms with van der Waals surface area (Å²) in [5, 5.41) is 3.29. The van der Waals surface area contributed by atoms with E-state index in [1.165, 1.54) is 0 Å². The highest BCUT2D eigenvalue weighted by Gasteiger charge is 2.46. The first-order chi connectivity index (χ1) is 5.75. The van der Waals surface area contributed by atoms with Crippen LogP contribution < -0.4 is 11.1 Å². The Kier molecular flexibility index (Phi) is 2.09. The summed E-state index contributed by atoms with van der Waals surface area (Å²) in [6.45, 7) is 2.03. The molecule has 3 heteroatoms. The fourth-order valence-corrected chi connectivity index (χ4v) is 2.66. The van der Waals surface area contributed by atoms with E-state index < -0.39 is 6.17 Å². The van der Waals surface area contributed by atoms with Crippen LogP contribution in [0.4, 0.5) is 4.39 Å². The predicted octanol–water partition coefficient (Wildman–Crippen LogP) is 0.815. The van der Waals surface area contributed by atoms with Crippen LogP contribution in [0.15, 0.2) is 0 Å². The first-order valence-electron chi connectivity index (χ1n) is 4.85. The van der Waals surface area contributed by atoms with Gasteiger partial charge in [0.2, 0.25) is 0 Å². The van der Waals surface area contributed by atoms with E-state index in [9.17, 15) is 4.39 Å². The van der Waals surface area contributed by atoms with Gasteiger partial charge >= 0.3 is 0 Å². The molecule has 2 aliphatic rings. The summed E-state index contributed by atoms with van der Waals surface area (Å²) in [7, 11) is 0. The molecule has 0 bridgehead atoms. The Morgan fingerprint density at radius 1 is 1.25 bits per heavy atom. The first-order valence-corrected chi connectivity index (χ1v) is 4.85. The Hall–Kier alpha value is -0.150. The molecule has 1 aliphatic carbocycles. The van der Waals surface area contributed by atoms with Gasteiger partial charge in [0.05, 0.1) is 0 Å². The van der Waals surface area contributed by atoms with Crippen LogP contribution in [-0.2, 0) is 0 Å². The highest BCUT2D eigenvalue weighted by atomic mass is 19.1. The highest BCUT2D eigenvalue weighted by Crippen LogP contribution is 2.45. The summed E-state index contributed by atoms with van der Waals surface area (Å²) in [6.07, 6.45) is 3.06. The van der Waals surface area contributed by atoms with E-state index in [4.69, 9.17) is 5.73 Å². The average Bonchev–Trinajstić information content (AvgIpc) is 2.37. The third-order valence-corrected chi connectivity index (χ3v) is 3.61. The molecular weight excluding hydrogens is 155 g/mol. The summed E-state index contributed by atoms with van der Waals surface area (Å²) < 4.78 is 13.2. The number of alkyl halides is 1. The second-order valence-electron chi connectivity index (χ2n) is 4.19. The van der Waals surface area contributed by atoms with E-state index in [1.807, 2.05) is 0 Å². The smallest absolute Gasteiger partial charge is 0.116 e. The summed E-state index contributed by atoms with van der Waals surface area (Å²) in [6, 6.07) is -0.195. The monoisotopic (exact) mass is 172 g/mol. The molecule has 1 aliphatic heterocycles. The Morgan fingerprint density at radius 3 is 2.42 bits per heavy atom. The summed E-state index contributed by atoms with van der Waals surface area (Å²) in [4.78, 5) is 0. The SMILES string of the molecule is N[C@@H]1C(F)CCC12CCNCC2. The maximum atomic E-state index is 13.2. The topological polar surface area (TPSA) is 38.0 Å². The van der Waals surface area contributed by atoms with Gasteiger partial charge in [0.15, 0.2) is 0 Å². The molecule has 2 rings (SSSR count). The number of nitrogens with two attached hydrogens (primary N) is 1. The van der Waals surface area contributed by atoms with E-state index >= 15 is 0 Å². The fourth-order valence-electron chi connectivity index (χ4n) is 2.66. The van der Waals surface area contributed by atoms with Gasteiger partial charge in [-0.15, -0.1) is 0 Å². The van der Waals surface area contributed by atoms with Crippen LogP contribution in [0.3, 0.4) is 0 Å². The van der Waals surface area contributed by atoms with Gasteiger partial charge in [-0.2, -0.15) is 0 Å². The Bertz CT molecular complexity index is 160. The van der Waals surface area contributed by atoms with Crippen LogP contribution in [0.1, 0.15) is 25.7 Å². The van der Waals surface area contributed by atoms with E-state index in [0.29, 0.717) is 6.42 Å². The molecule has 0 aromatic carbocycles. The third-order valence-electron chi connectivity index (χ3n) is 3.61. The van der Waals surface area contributed by atoms with E-state index in [0.717, 1.165) is 32.4 Å². The fraction of sp³-hybridized carbons (Fsp3) is 1.00. The number of rotatable bonds is 0. The molecule has 70 valence electrons. The number of nitrogens with one attached hydrogen (secondary N) is 1. The van der Waals surface area contributed by atoms with Crippen molar-refractivity contribution in [3.05, 3.63) is 0 Å². The minimum atomic E-state index is -0.747. The van der Waals surface area contributed by atoms with Crippen LogP contribution in [0.2, 0.25) is 0 Å². The van der Waals surface area contributed by atoms with Crippen molar-refractivity contribution in [1.82, 2.24) is 5.32 Å². The van der Waals surface area contributed by atoms with Gasteiger partial charge in [0, 0.05) is 6.04 Å². The molecule has 0 amide bonds. The summed E-state index contributed by atoms with van der Waals surface area (Å²) in [5.74, 6) is 0. The van der Waals surface area contributed by atoms with Gasteiger partial charge in [-0.1, -0.05) is 0 Å². The number of piperidine rings is 1. The maximum absolute atomic E-state index is 13.2. The number of hydrogen-bond donors (Lipinski definition) is 2. The maximum Gasteiger partial charge on any atom is 0.116 e. The van der Waals surface area contributed by atoms with Crippen molar-refractivity contribution < 1.29 is 4.39 Å². The molecule has 1 spiro atoms. The normalized spacial score (nSPS) is 40.5. The largest absolute Gasteiger partial charge is 0.325 e. The van der Waals surface area contributed by atoms with Crippen molar-refractivity contribution in [2.75, 3.05) is 13.1 Å². The molecule has 1 saturated carbocycles. The number of halogens is 1. The molecule has 3 N–H and O–H groups in total. The Balaban J connectivity index is 2.09. The summed E-state index contributed by atoms with van der Waals surface area (Å²) >= 11 is 0. The first kappa shape index (κ1) is 8.45. The molecular formula is C9H17FN2. The zero-order valence-corrected chi connectivity index (χ0v) is 7.35. The predicted molar refractivity (Wildman–Crippen MR) is 46.6 cm³/mol. The lowest BCUT2D eigenvalue weighted by atomic mass is 9.75. The van der Waals surface area contributed by atoms with Crippen LogP contribution in [0.25, 0.3) is 0 Å². The molecule has 0 aromatic heterocycles. The van der Waals surface area contributed by atoms with Gasteiger partial charge in [-0.25, -0.2) is 4.39 Å². The molecule has 0 aromatic rings. The van der Waals surface area contributed by atoms with Crippen LogP contribution in [0.5, 0.6) is 0 Å². The molecule has 1 heterocycles. The molecule has 1 unspecified atom stereocenters. The molecule has 2 nitrogen and oxygen atoms in total. The average molecular weight is 172 g/mol. The molecule has 1 saturated heterocycles. The van der Waals surface area contributed by atoms with Crippen molar-refractivity contribution >= 4 is 0 Å². The van der Waals surface area contributed by atoms with Gasteiger partial charge in [-0.3, -0.25) is 0 Å². The second kappa shape index (κ2) is 2.96. The summed E-state index contributed by atoms with van der Waals surface area (Å²) in [5.41, 5.74) is 6.03. The van der Waals surface area contributed by atoms with Crippen molar-refractivity contribution in [1.29, 1.82) is 0 Å². The van der Waals surface area contributed by atoms with Gasteiger partial charge in [0.1, 0.15) is 6.17 Å². The standard InChI is InChI=1S/C9H17FN2/c10-7-1-2-9(8(7)11)3-5-12-6-4-9/h7-8,12H,1-6,11H2/t7?,8-/m1/s1. The second-order valence-corrected chi connectivity index (χ2v) is 4.19. The molecule has 2 atom stereocenters. The van der Waals surface area contributed by atoms with Crippen molar-refractivity contribution in [3.8, 4) is 0 Å². The zero-order valence-electron chi connectivity index (χ0n) is 7.35. The van der Waals surface area contributed by atoms with Crippen LogP contribution in [-0.4, -0.2) is 25.3 Å². The van der Waals surface area contributed by atoms with Gasteiger partial charge in [0.25, 0.3) is 0 Å². The lowest BCUT2D eigenvalue weighted by Gasteiger charge is -2.37. The minimum Gasteiger partial charge on any atom is -0.325 e. The lowest BCUT2D eigenvalue weighted by molar-refractivity contribution is 0.157. The molecule has 0 radical (unpaired) electrons. The van der Waals surface area contributed by atoms with Gasteiger partial charge in [-0.05, 0) is 44.2 Å². The number of hydrogen-bond acceptors (Lipinski definition) is 2. The van der Waals surface area contributed by atoms with Crippen LogP contribution >= 0.6 is 0 Å². The van der Waals surface area contributed by atoms with Gasteiger partial charge < -0.3 is 11.1 Å². The third kappa shape index (κ3) is 1.15. The Morgan fingerprint density at radius 2 is 1.92 bits per heavy atom. The van der Waals surface area contributed by atoms with E-state index in [-0.39, 0.29) is 11.5 Å². The van der Waals surface area contributed by atoms with Crippen molar-refractivity contribution in [3.63, 3.8) is 0 Å². The van der Waals surface area contributed by atoms with Crippen molar-refractivity contribution in [2.45, 2.75) is 37.9 Å².